The molecule has 0 fully saturated rings. The van der Waals surface area contributed by atoms with Crippen LogP contribution < -0.4 is 4.74 Å². The predicted molar refractivity (Wildman–Crippen MR) is 112 cm³/mol. The van der Waals surface area contributed by atoms with E-state index >= 15 is 0 Å². The van der Waals surface area contributed by atoms with Gasteiger partial charge in [-0.3, -0.25) is 4.79 Å². The second-order valence-electron chi connectivity index (χ2n) is 6.53. The van der Waals surface area contributed by atoms with Crippen LogP contribution in [0.2, 0.25) is 0 Å². The van der Waals surface area contributed by atoms with Crippen molar-refractivity contribution in [3.05, 3.63) is 85.2 Å². The number of aryl methyl sites for hydroxylation is 1. The number of amides is 1. The van der Waals surface area contributed by atoms with Crippen molar-refractivity contribution in [1.29, 1.82) is 0 Å². The topological polar surface area (TPSA) is 47.4 Å². The molecule has 5 nitrogen and oxygen atoms in total. The Labute approximate surface area is 165 Å². The summed E-state index contributed by atoms with van der Waals surface area (Å²) in [7, 11) is 0. The number of carbonyl (C=O) groups excluding carboxylic acids is 1. The molecule has 0 saturated carbocycles. The largest absolute Gasteiger partial charge is 0.485 e. The Morgan fingerprint density at radius 3 is 2.50 bits per heavy atom. The molecule has 0 aliphatic rings. The molecule has 0 aliphatic carbocycles. The molecule has 0 saturated heterocycles. The van der Waals surface area contributed by atoms with Gasteiger partial charge in [0, 0.05) is 13.1 Å². The highest BCUT2D eigenvalue weighted by Gasteiger charge is 2.17. The number of nitrogens with zero attached hydrogens (tertiary/aromatic N) is 3. The number of imidazole rings is 1. The highest BCUT2D eigenvalue weighted by atomic mass is 16.5. The quantitative estimate of drug-likeness (QED) is 0.529. The molecule has 2 aromatic carbocycles. The fourth-order valence-corrected chi connectivity index (χ4v) is 3.10. The normalized spacial score (nSPS) is 10.6. The van der Waals surface area contributed by atoms with Crippen molar-refractivity contribution in [2.75, 3.05) is 13.1 Å². The summed E-state index contributed by atoms with van der Waals surface area (Å²) in [4.78, 5) is 19.3. The molecule has 1 heterocycles. The number of hydrogen-bond acceptors (Lipinski definition) is 3. The van der Waals surface area contributed by atoms with Gasteiger partial charge in [-0.05, 0) is 30.7 Å². The van der Waals surface area contributed by atoms with Crippen LogP contribution in [0.1, 0.15) is 11.4 Å². The van der Waals surface area contributed by atoms with Crippen LogP contribution in [0, 0.1) is 6.92 Å². The van der Waals surface area contributed by atoms with Crippen LogP contribution in [0.3, 0.4) is 0 Å². The van der Waals surface area contributed by atoms with Crippen molar-refractivity contribution in [3.63, 3.8) is 0 Å². The Bertz CT molecular complexity index is 980. The molecule has 3 aromatic rings. The van der Waals surface area contributed by atoms with Crippen LogP contribution in [0.15, 0.2) is 73.8 Å². The molecule has 0 spiro atoms. The first-order chi connectivity index (χ1) is 13.6. The van der Waals surface area contributed by atoms with Gasteiger partial charge in [0.05, 0.1) is 11.0 Å². The number of ether oxygens (including phenoxy) is 1. The molecule has 1 amide bonds. The lowest BCUT2D eigenvalue weighted by Crippen LogP contribution is -2.34. The summed E-state index contributed by atoms with van der Waals surface area (Å²) in [6, 6.07) is 15.7. The maximum atomic E-state index is 12.9. The van der Waals surface area contributed by atoms with Crippen LogP contribution in [-0.4, -0.2) is 33.4 Å². The van der Waals surface area contributed by atoms with Crippen molar-refractivity contribution in [3.8, 4) is 5.75 Å². The van der Waals surface area contributed by atoms with E-state index in [9.17, 15) is 4.79 Å². The average molecular weight is 375 g/mol. The molecule has 5 heteroatoms. The molecule has 0 atom stereocenters. The van der Waals surface area contributed by atoms with Gasteiger partial charge in [0.15, 0.2) is 0 Å². The van der Waals surface area contributed by atoms with Gasteiger partial charge >= 0.3 is 0 Å². The second kappa shape index (κ2) is 9.04. The van der Waals surface area contributed by atoms with Crippen LogP contribution in [0.25, 0.3) is 11.0 Å². The lowest BCUT2D eigenvalue weighted by atomic mass is 10.2. The van der Waals surface area contributed by atoms with Crippen molar-refractivity contribution in [1.82, 2.24) is 14.5 Å². The maximum absolute atomic E-state index is 12.9. The minimum atomic E-state index is -0.0138. The first kappa shape index (κ1) is 19.4. The molecular weight excluding hydrogens is 350 g/mol. The van der Waals surface area contributed by atoms with Crippen molar-refractivity contribution < 1.29 is 9.53 Å². The summed E-state index contributed by atoms with van der Waals surface area (Å²) in [5.74, 6) is 1.52. The molecule has 0 N–H and O–H groups in total. The lowest BCUT2D eigenvalue weighted by molar-refractivity contribution is -0.130. The summed E-state index contributed by atoms with van der Waals surface area (Å²) in [6.07, 6.45) is 3.44. The first-order valence-corrected chi connectivity index (χ1v) is 9.26. The Balaban J connectivity index is 1.88. The zero-order chi connectivity index (χ0) is 19.9. The SMILES string of the molecule is C=CCN(CC=C)C(=O)Cn1c(COc2ccccc2C)nc2ccccc21. The van der Waals surface area contributed by atoms with Crippen LogP contribution in [0.4, 0.5) is 0 Å². The molecule has 1 aromatic heterocycles. The first-order valence-electron chi connectivity index (χ1n) is 9.26. The van der Waals surface area contributed by atoms with Crippen molar-refractivity contribution in [2.24, 2.45) is 0 Å². The molecule has 28 heavy (non-hydrogen) atoms. The van der Waals surface area contributed by atoms with E-state index in [-0.39, 0.29) is 19.1 Å². The smallest absolute Gasteiger partial charge is 0.243 e. The van der Waals surface area contributed by atoms with Crippen molar-refractivity contribution >= 4 is 16.9 Å². The predicted octanol–water partition coefficient (Wildman–Crippen LogP) is 4.12. The third kappa shape index (κ3) is 4.31. The van der Waals surface area contributed by atoms with Crippen LogP contribution in [-0.2, 0) is 17.9 Å². The molecule has 0 aliphatic heterocycles. The Kier molecular flexibility index (Phi) is 6.27. The number of fused-ring (bicyclic) bond motifs is 1. The zero-order valence-electron chi connectivity index (χ0n) is 16.2. The van der Waals surface area contributed by atoms with E-state index in [0.717, 1.165) is 28.2 Å². The molecule has 144 valence electrons. The Morgan fingerprint density at radius 2 is 1.79 bits per heavy atom. The van der Waals surface area contributed by atoms with Crippen LogP contribution >= 0.6 is 0 Å². The van der Waals surface area contributed by atoms with E-state index in [0.29, 0.717) is 13.1 Å². The summed E-state index contributed by atoms with van der Waals surface area (Å²) in [5.41, 5.74) is 2.82. The van der Waals surface area contributed by atoms with Gasteiger partial charge in [0.2, 0.25) is 5.91 Å². The van der Waals surface area contributed by atoms with Gasteiger partial charge in [-0.2, -0.15) is 0 Å². The Hall–Kier alpha value is -3.34. The summed E-state index contributed by atoms with van der Waals surface area (Å²) < 4.78 is 7.92. The number of rotatable bonds is 9. The van der Waals surface area contributed by atoms with E-state index in [1.165, 1.54) is 0 Å². The molecule has 0 bridgehead atoms. The minimum absolute atomic E-state index is 0.0138. The van der Waals surface area contributed by atoms with E-state index in [2.05, 4.69) is 18.1 Å². The average Bonchev–Trinajstić information content (AvgIpc) is 3.04. The third-order valence-electron chi connectivity index (χ3n) is 4.53. The van der Waals surface area contributed by atoms with Gasteiger partial charge in [-0.1, -0.05) is 42.5 Å². The van der Waals surface area contributed by atoms with E-state index in [4.69, 9.17) is 4.74 Å². The van der Waals surface area contributed by atoms with Gasteiger partial charge < -0.3 is 14.2 Å². The van der Waals surface area contributed by atoms with Crippen LogP contribution in [0.5, 0.6) is 5.75 Å². The van der Waals surface area contributed by atoms with Gasteiger partial charge in [0.25, 0.3) is 0 Å². The number of hydrogen-bond donors (Lipinski definition) is 0. The number of carbonyl (C=O) groups is 1. The lowest BCUT2D eigenvalue weighted by Gasteiger charge is -2.20. The standard InChI is InChI=1S/C23H25N3O2/c1-4-14-25(15-5-2)23(27)16-26-20-12-8-7-11-19(20)24-22(26)17-28-21-13-9-6-10-18(21)3/h4-13H,1-2,14-17H2,3H3. The third-order valence-corrected chi connectivity index (χ3v) is 4.53. The molecular formula is C23H25N3O2. The number of benzene rings is 2. The highest BCUT2D eigenvalue weighted by Crippen LogP contribution is 2.21. The van der Waals surface area contributed by atoms with E-state index in [1.54, 1.807) is 17.1 Å². The second-order valence-corrected chi connectivity index (χ2v) is 6.53. The van der Waals surface area contributed by atoms with Gasteiger partial charge in [-0.25, -0.2) is 4.98 Å². The number of aromatic nitrogens is 2. The maximum Gasteiger partial charge on any atom is 0.243 e. The van der Waals surface area contributed by atoms with E-state index < -0.39 is 0 Å². The molecule has 0 unspecified atom stereocenters. The Morgan fingerprint density at radius 1 is 1.11 bits per heavy atom. The van der Waals surface area contributed by atoms with Crippen molar-refractivity contribution in [2.45, 2.75) is 20.1 Å². The monoisotopic (exact) mass is 375 g/mol. The van der Waals surface area contributed by atoms with E-state index in [1.807, 2.05) is 60.0 Å². The summed E-state index contributed by atoms with van der Waals surface area (Å²) >= 11 is 0. The number of para-hydroxylation sites is 3. The zero-order valence-corrected chi connectivity index (χ0v) is 16.2. The highest BCUT2D eigenvalue weighted by molar-refractivity contribution is 5.81. The van der Waals surface area contributed by atoms with Gasteiger partial charge in [-0.15, -0.1) is 13.2 Å². The fourth-order valence-electron chi connectivity index (χ4n) is 3.10. The molecule has 0 radical (unpaired) electrons. The summed E-state index contributed by atoms with van der Waals surface area (Å²) in [5, 5.41) is 0. The minimum Gasteiger partial charge on any atom is -0.485 e. The molecule has 3 rings (SSSR count). The van der Waals surface area contributed by atoms with Gasteiger partial charge in [0.1, 0.15) is 24.7 Å². The summed E-state index contributed by atoms with van der Waals surface area (Å²) in [6.45, 7) is 10.9. The fraction of sp³-hybridized carbons (Fsp3) is 0.217.